The summed E-state index contributed by atoms with van der Waals surface area (Å²) in [5, 5.41) is 10.9. The van der Waals surface area contributed by atoms with Crippen molar-refractivity contribution in [3.05, 3.63) is 53.0 Å². The molecule has 2 unspecified atom stereocenters. The van der Waals surface area contributed by atoms with E-state index in [0.717, 1.165) is 32.1 Å². The van der Waals surface area contributed by atoms with E-state index in [1.807, 2.05) is 24.3 Å². The molecule has 2 aromatic heterocycles. The maximum absolute atomic E-state index is 11.9. The number of aromatic amines is 1. The average molecular weight is 374 g/mol. The number of nitrogens with one attached hydrogen (secondary N) is 1. The highest BCUT2D eigenvalue weighted by molar-refractivity contribution is 7.81. The van der Waals surface area contributed by atoms with Gasteiger partial charge in [0.25, 0.3) is 11.3 Å². The third-order valence-corrected chi connectivity index (χ3v) is 5.69. The number of terminal acetylenes is 1. The van der Waals surface area contributed by atoms with Gasteiger partial charge in [0.05, 0.1) is 4.88 Å². The summed E-state index contributed by atoms with van der Waals surface area (Å²) >= 11 is -1.41. The van der Waals surface area contributed by atoms with Crippen LogP contribution in [0.1, 0.15) is 10.4 Å². The maximum Gasteiger partial charge on any atom is 0.327 e. The number of aromatic nitrogens is 1. The lowest BCUT2D eigenvalue weighted by atomic mass is 10.1. The lowest BCUT2D eigenvalue weighted by Crippen LogP contribution is -2.43. The number of rotatable bonds is 6. The van der Waals surface area contributed by atoms with Gasteiger partial charge in [-0.05, 0) is 23.8 Å². The van der Waals surface area contributed by atoms with Crippen LogP contribution in [0.25, 0.3) is 10.9 Å². The van der Waals surface area contributed by atoms with Crippen LogP contribution >= 0.6 is 11.3 Å². The number of carbonyl (C=O) groups is 1. The monoisotopic (exact) mass is 374 g/mol. The van der Waals surface area contributed by atoms with E-state index in [1.54, 1.807) is 18.3 Å². The number of nitrogens with zero attached hydrogens (tertiary/aromatic N) is 1. The van der Waals surface area contributed by atoms with E-state index in [-0.39, 0.29) is 6.42 Å². The number of thiophene rings is 1. The van der Waals surface area contributed by atoms with E-state index in [2.05, 4.69) is 10.9 Å². The molecule has 0 spiro atoms. The van der Waals surface area contributed by atoms with Crippen LogP contribution in [0.2, 0.25) is 0 Å². The van der Waals surface area contributed by atoms with E-state index in [9.17, 15) is 18.7 Å². The molecule has 8 heteroatoms. The van der Waals surface area contributed by atoms with Crippen molar-refractivity contribution in [1.29, 1.82) is 0 Å². The zero-order valence-corrected chi connectivity index (χ0v) is 14.5. The molecule has 0 fully saturated rings. The van der Waals surface area contributed by atoms with Gasteiger partial charge in [-0.1, -0.05) is 24.1 Å². The van der Waals surface area contributed by atoms with E-state index >= 15 is 0 Å². The van der Waals surface area contributed by atoms with Crippen molar-refractivity contribution in [2.75, 3.05) is 4.31 Å². The fraction of sp³-hybridized carbons (Fsp3) is 0.118. The Kier molecular flexibility index (Phi) is 4.90. The first-order valence-corrected chi connectivity index (χ1v) is 9.13. The fourth-order valence-electron chi connectivity index (χ4n) is 2.64. The van der Waals surface area contributed by atoms with Gasteiger partial charge in [0.2, 0.25) is 0 Å². The summed E-state index contributed by atoms with van der Waals surface area (Å²) < 4.78 is 22.5. The van der Waals surface area contributed by atoms with Crippen molar-refractivity contribution >= 4 is 44.5 Å². The molecule has 0 aliphatic heterocycles. The van der Waals surface area contributed by atoms with Crippen LogP contribution in [-0.2, 0) is 22.5 Å². The van der Waals surface area contributed by atoms with E-state index in [4.69, 9.17) is 6.42 Å². The minimum absolute atomic E-state index is 0.0644. The molecule has 0 aliphatic rings. The smallest absolute Gasteiger partial charge is 0.327 e. The maximum atomic E-state index is 11.9. The van der Waals surface area contributed by atoms with Gasteiger partial charge in [-0.2, -0.15) is 0 Å². The zero-order valence-electron chi connectivity index (χ0n) is 12.9. The zero-order chi connectivity index (χ0) is 18.0. The average Bonchev–Trinajstić information content (AvgIpc) is 3.21. The van der Waals surface area contributed by atoms with Gasteiger partial charge in [-0.25, -0.2) is 13.3 Å². The Morgan fingerprint density at radius 1 is 1.36 bits per heavy atom. The summed E-state index contributed by atoms with van der Waals surface area (Å²) in [6.07, 6.45) is 7.12. The van der Waals surface area contributed by atoms with E-state index in [0.29, 0.717) is 9.88 Å². The summed E-state index contributed by atoms with van der Waals surface area (Å²) in [7, 11) is 0. The first-order valence-electron chi connectivity index (χ1n) is 7.25. The number of hydrogen-bond acceptors (Lipinski definition) is 3. The molecule has 25 heavy (non-hydrogen) atoms. The van der Waals surface area contributed by atoms with Crippen LogP contribution in [0, 0.1) is 12.3 Å². The highest BCUT2D eigenvalue weighted by Gasteiger charge is 2.32. The standard InChI is InChI=1S/C17H14N2O4S2/c1-2-12-7-8-16(24-12)19(25(22)23)15(17(20)21)9-11-10-18-14-6-4-3-5-13(11)14/h1,3-8,10,15,18H,9H2,(H,20,21)(H,22,23). The van der Waals surface area contributed by atoms with Gasteiger partial charge in [0.15, 0.2) is 0 Å². The van der Waals surface area contributed by atoms with Crippen molar-refractivity contribution in [3.63, 3.8) is 0 Å². The Labute approximate surface area is 150 Å². The van der Waals surface area contributed by atoms with Gasteiger partial charge < -0.3 is 10.1 Å². The van der Waals surface area contributed by atoms with Crippen molar-refractivity contribution in [3.8, 4) is 12.3 Å². The number of fused-ring (bicyclic) bond motifs is 1. The molecule has 2 heterocycles. The van der Waals surface area contributed by atoms with Crippen LogP contribution in [-0.4, -0.2) is 30.9 Å². The molecule has 0 aliphatic carbocycles. The third kappa shape index (κ3) is 3.44. The molecule has 128 valence electrons. The summed E-state index contributed by atoms with van der Waals surface area (Å²) in [6.45, 7) is 0. The molecular formula is C17H14N2O4S2. The van der Waals surface area contributed by atoms with Gasteiger partial charge in [-0.3, -0.25) is 4.55 Å². The van der Waals surface area contributed by atoms with Crippen LogP contribution < -0.4 is 4.31 Å². The molecule has 3 N–H and O–H groups in total. The summed E-state index contributed by atoms with van der Waals surface area (Å²) in [5.41, 5.74) is 1.64. The highest BCUT2D eigenvalue weighted by Crippen LogP contribution is 2.30. The second-order valence-electron chi connectivity index (χ2n) is 5.26. The number of aliphatic carboxylic acids is 1. The molecule has 0 radical (unpaired) electrons. The molecule has 3 rings (SSSR count). The number of carboxylic acid groups (broad SMARTS) is 1. The number of carboxylic acids is 1. The molecule has 0 saturated carbocycles. The molecule has 2 atom stereocenters. The molecule has 3 aromatic rings. The predicted octanol–water partition coefficient (Wildman–Crippen LogP) is 2.85. The number of benzene rings is 1. The lowest BCUT2D eigenvalue weighted by Gasteiger charge is -2.25. The number of anilines is 1. The fourth-order valence-corrected chi connectivity index (χ4v) is 4.32. The Balaban J connectivity index is 1.99. The van der Waals surface area contributed by atoms with Gasteiger partial charge in [-0.15, -0.1) is 17.8 Å². The highest BCUT2D eigenvalue weighted by atomic mass is 32.2. The lowest BCUT2D eigenvalue weighted by molar-refractivity contribution is -0.138. The van der Waals surface area contributed by atoms with E-state index in [1.165, 1.54) is 0 Å². The van der Waals surface area contributed by atoms with E-state index < -0.39 is 23.3 Å². The minimum atomic E-state index is -2.50. The van der Waals surface area contributed by atoms with Crippen molar-refractivity contribution in [2.24, 2.45) is 0 Å². The quantitative estimate of drug-likeness (QED) is 0.457. The van der Waals surface area contributed by atoms with Crippen LogP contribution in [0.15, 0.2) is 42.6 Å². The Hall–Kier alpha value is -2.60. The first-order chi connectivity index (χ1) is 12.0. The molecule has 0 amide bonds. The second kappa shape index (κ2) is 7.11. The summed E-state index contributed by atoms with van der Waals surface area (Å²) in [5.74, 6) is 1.25. The first kappa shape index (κ1) is 17.2. The molecular weight excluding hydrogens is 360 g/mol. The molecule has 0 bridgehead atoms. The van der Waals surface area contributed by atoms with Crippen molar-refractivity contribution in [1.82, 2.24) is 4.98 Å². The van der Waals surface area contributed by atoms with Crippen LogP contribution in [0.4, 0.5) is 5.00 Å². The third-order valence-electron chi connectivity index (χ3n) is 3.78. The largest absolute Gasteiger partial charge is 0.480 e. The molecule has 1 aromatic carbocycles. The molecule has 6 nitrogen and oxygen atoms in total. The van der Waals surface area contributed by atoms with Gasteiger partial charge in [0.1, 0.15) is 11.0 Å². The number of H-pyrrole nitrogens is 1. The van der Waals surface area contributed by atoms with Crippen LogP contribution in [0.5, 0.6) is 0 Å². The Bertz CT molecular complexity index is 986. The summed E-state index contributed by atoms with van der Waals surface area (Å²) in [4.78, 5) is 15.5. The number of para-hydroxylation sites is 1. The van der Waals surface area contributed by atoms with Gasteiger partial charge >= 0.3 is 5.97 Å². The summed E-state index contributed by atoms with van der Waals surface area (Å²) in [6, 6.07) is 9.45. The number of hydrogen-bond donors (Lipinski definition) is 3. The van der Waals surface area contributed by atoms with Crippen molar-refractivity contribution in [2.45, 2.75) is 12.5 Å². The van der Waals surface area contributed by atoms with Crippen molar-refractivity contribution < 1.29 is 18.7 Å². The normalized spacial score (nSPS) is 13.3. The SMILES string of the molecule is C#Cc1ccc(N(C(Cc2c[nH]c3ccccc23)C(=O)O)S(=O)O)s1. The Morgan fingerprint density at radius 3 is 2.76 bits per heavy atom. The second-order valence-corrected chi connectivity index (χ2v) is 7.17. The molecule has 0 saturated heterocycles. The van der Waals surface area contributed by atoms with Crippen LogP contribution in [0.3, 0.4) is 0 Å². The topological polar surface area (TPSA) is 93.6 Å². The Morgan fingerprint density at radius 2 is 2.12 bits per heavy atom. The van der Waals surface area contributed by atoms with Gasteiger partial charge in [0, 0.05) is 23.5 Å². The predicted molar refractivity (Wildman–Crippen MR) is 98.9 cm³/mol. The minimum Gasteiger partial charge on any atom is -0.480 e.